The summed E-state index contributed by atoms with van der Waals surface area (Å²) >= 11 is 0. The van der Waals surface area contributed by atoms with E-state index in [-0.39, 0.29) is 6.61 Å². The first-order valence-electron chi connectivity index (χ1n) is 7.64. The molecule has 0 atom stereocenters. The van der Waals surface area contributed by atoms with Gasteiger partial charge in [-0.15, -0.1) is 0 Å². The molecule has 2 N–H and O–H groups in total. The Morgan fingerprint density at radius 2 is 1.76 bits per heavy atom. The van der Waals surface area contributed by atoms with Gasteiger partial charge in [0.25, 0.3) is 0 Å². The average molecular weight is 347 g/mol. The van der Waals surface area contributed by atoms with Crippen LogP contribution in [0.15, 0.2) is 60.9 Å². The topological polar surface area (TPSA) is 50.1 Å². The molecule has 0 fully saturated rings. The maximum atomic E-state index is 12.6. The van der Waals surface area contributed by atoms with Crippen molar-refractivity contribution in [3.05, 3.63) is 66.5 Å². The predicted octanol–water partition coefficient (Wildman–Crippen LogP) is 4.30. The lowest BCUT2D eigenvalue weighted by atomic mass is 10.1. The molecule has 25 heavy (non-hydrogen) atoms. The maximum absolute atomic E-state index is 12.6. The Labute approximate surface area is 142 Å². The van der Waals surface area contributed by atoms with Crippen molar-refractivity contribution in [2.45, 2.75) is 12.7 Å². The van der Waals surface area contributed by atoms with Crippen molar-refractivity contribution in [2.75, 3.05) is 11.9 Å². The lowest BCUT2D eigenvalue weighted by Gasteiger charge is -2.12. The number of nitrogens with zero attached hydrogens (tertiary/aromatic N) is 2. The number of hydrogen-bond acceptors (Lipinski definition) is 3. The van der Waals surface area contributed by atoms with E-state index in [1.165, 1.54) is 12.1 Å². The molecule has 0 aliphatic carbocycles. The second-order valence-electron chi connectivity index (χ2n) is 5.46. The van der Waals surface area contributed by atoms with Gasteiger partial charge >= 0.3 is 6.18 Å². The van der Waals surface area contributed by atoms with Gasteiger partial charge in [0.05, 0.1) is 24.9 Å². The molecular weight excluding hydrogens is 331 g/mol. The van der Waals surface area contributed by atoms with Crippen LogP contribution in [0.4, 0.5) is 24.5 Å². The van der Waals surface area contributed by atoms with Crippen LogP contribution in [0, 0.1) is 0 Å². The molecule has 1 heterocycles. The summed E-state index contributed by atoms with van der Waals surface area (Å²) in [6.45, 7) is 0.390. The molecule has 3 rings (SSSR count). The highest BCUT2D eigenvalue weighted by Gasteiger charge is 2.29. The zero-order chi connectivity index (χ0) is 17.9. The summed E-state index contributed by atoms with van der Waals surface area (Å²) < 4.78 is 39.6. The smallest absolute Gasteiger partial charge is 0.394 e. The fourth-order valence-corrected chi connectivity index (χ4v) is 2.47. The number of alkyl halides is 3. The first-order chi connectivity index (χ1) is 12.0. The molecule has 0 unspecified atom stereocenters. The van der Waals surface area contributed by atoms with Crippen molar-refractivity contribution in [1.82, 2.24) is 9.78 Å². The highest BCUT2D eigenvalue weighted by Crippen LogP contribution is 2.32. The zero-order valence-electron chi connectivity index (χ0n) is 13.2. The number of aliphatic hydroxyl groups excluding tert-OH is 1. The zero-order valence-corrected chi connectivity index (χ0v) is 13.2. The van der Waals surface area contributed by atoms with Gasteiger partial charge < -0.3 is 10.4 Å². The molecule has 0 saturated heterocycles. The van der Waals surface area contributed by atoms with E-state index in [9.17, 15) is 13.2 Å². The predicted molar refractivity (Wildman–Crippen MR) is 89.5 cm³/mol. The van der Waals surface area contributed by atoms with Gasteiger partial charge in [-0.25, -0.2) is 0 Å². The molecule has 3 aromatic rings. The minimum atomic E-state index is -4.35. The van der Waals surface area contributed by atoms with Gasteiger partial charge in [-0.3, -0.25) is 4.68 Å². The summed E-state index contributed by atoms with van der Waals surface area (Å²) in [7, 11) is 0. The van der Waals surface area contributed by atoms with Gasteiger partial charge in [0.2, 0.25) is 0 Å². The molecule has 1 aromatic heterocycles. The molecule has 4 nitrogen and oxygen atoms in total. The normalized spacial score (nSPS) is 11.5. The van der Waals surface area contributed by atoms with E-state index < -0.39 is 11.7 Å². The van der Waals surface area contributed by atoms with Crippen LogP contribution < -0.4 is 5.32 Å². The number of anilines is 2. The van der Waals surface area contributed by atoms with Crippen molar-refractivity contribution in [2.24, 2.45) is 0 Å². The monoisotopic (exact) mass is 347 g/mol. The van der Waals surface area contributed by atoms with E-state index in [0.29, 0.717) is 12.2 Å². The number of rotatable bonds is 5. The highest BCUT2D eigenvalue weighted by atomic mass is 19.4. The molecule has 2 aromatic carbocycles. The largest absolute Gasteiger partial charge is 0.416 e. The fourth-order valence-electron chi connectivity index (χ4n) is 2.47. The number of para-hydroxylation sites is 1. The van der Waals surface area contributed by atoms with Crippen LogP contribution in [0.25, 0.3) is 11.1 Å². The van der Waals surface area contributed by atoms with Crippen LogP contribution in [0.2, 0.25) is 0 Å². The minimum absolute atomic E-state index is 0.00737. The first-order valence-corrected chi connectivity index (χ1v) is 7.64. The van der Waals surface area contributed by atoms with E-state index in [2.05, 4.69) is 10.4 Å². The van der Waals surface area contributed by atoms with Gasteiger partial charge in [-0.1, -0.05) is 18.2 Å². The Hall–Kier alpha value is -2.80. The van der Waals surface area contributed by atoms with Gasteiger partial charge in [0.15, 0.2) is 0 Å². The van der Waals surface area contributed by atoms with E-state index in [4.69, 9.17) is 5.11 Å². The molecule has 0 amide bonds. The fraction of sp³-hybridized carbons (Fsp3) is 0.167. The van der Waals surface area contributed by atoms with Crippen molar-refractivity contribution in [1.29, 1.82) is 0 Å². The lowest BCUT2D eigenvalue weighted by molar-refractivity contribution is -0.137. The molecule has 0 spiro atoms. The Morgan fingerprint density at radius 1 is 1.04 bits per heavy atom. The third-order valence-corrected chi connectivity index (χ3v) is 3.69. The van der Waals surface area contributed by atoms with Crippen LogP contribution in [0.5, 0.6) is 0 Å². The van der Waals surface area contributed by atoms with Crippen molar-refractivity contribution in [3.63, 3.8) is 0 Å². The van der Waals surface area contributed by atoms with Gasteiger partial charge in [0, 0.05) is 28.7 Å². The molecular formula is C18H16F3N3O. The van der Waals surface area contributed by atoms with E-state index in [1.807, 2.05) is 30.5 Å². The maximum Gasteiger partial charge on any atom is 0.416 e. The third kappa shape index (κ3) is 4.00. The minimum Gasteiger partial charge on any atom is -0.394 e. The van der Waals surface area contributed by atoms with E-state index in [0.717, 1.165) is 28.9 Å². The molecule has 130 valence electrons. The second kappa shape index (κ2) is 6.98. The number of aliphatic hydroxyl groups is 1. The van der Waals surface area contributed by atoms with E-state index >= 15 is 0 Å². The van der Waals surface area contributed by atoms with Crippen LogP contribution >= 0.6 is 0 Å². The Balaban J connectivity index is 1.85. The molecule has 7 heteroatoms. The van der Waals surface area contributed by atoms with Gasteiger partial charge in [-0.05, 0) is 30.3 Å². The van der Waals surface area contributed by atoms with Crippen molar-refractivity contribution in [3.8, 4) is 11.1 Å². The number of hydrogen-bond donors (Lipinski definition) is 2. The van der Waals surface area contributed by atoms with Crippen LogP contribution in [0.3, 0.4) is 0 Å². The van der Waals surface area contributed by atoms with Crippen molar-refractivity contribution < 1.29 is 18.3 Å². The second-order valence-corrected chi connectivity index (χ2v) is 5.46. The summed E-state index contributed by atoms with van der Waals surface area (Å²) in [6, 6.07) is 12.3. The van der Waals surface area contributed by atoms with Crippen LogP contribution in [-0.4, -0.2) is 21.5 Å². The summed E-state index contributed by atoms with van der Waals surface area (Å²) in [4.78, 5) is 0. The van der Waals surface area contributed by atoms with Crippen LogP contribution in [-0.2, 0) is 12.7 Å². The van der Waals surface area contributed by atoms with Gasteiger partial charge in [-0.2, -0.15) is 18.3 Å². The Kier molecular flexibility index (Phi) is 4.76. The Morgan fingerprint density at radius 3 is 2.44 bits per heavy atom. The number of halogens is 3. The number of aromatic nitrogens is 2. The molecule has 0 bridgehead atoms. The third-order valence-electron chi connectivity index (χ3n) is 3.69. The summed E-state index contributed by atoms with van der Waals surface area (Å²) in [5.74, 6) is 0. The lowest BCUT2D eigenvalue weighted by Crippen LogP contribution is -2.04. The van der Waals surface area contributed by atoms with Crippen LogP contribution in [0.1, 0.15) is 5.56 Å². The molecule has 0 radical (unpaired) electrons. The van der Waals surface area contributed by atoms with Crippen molar-refractivity contribution >= 4 is 11.4 Å². The summed E-state index contributed by atoms with van der Waals surface area (Å²) in [5.41, 5.74) is 2.35. The Bertz CT molecular complexity index is 841. The SMILES string of the molecule is OCCn1cc(-c2ccccc2Nc2ccc(C(F)(F)F)cc2)cn1. The highest BCUT2D eigenvalue weighted by molar-refractivity contribution is 5.80. The standard InChI is InChI=1S/C18H16F3N3O/c19-18(20,21)14-5-7-15(8-6-14)23-17-4-2-1-3-16(17)13-11-22-24(12-13)9-10-25/h1-8,11-12,23,25H,9-10H2. The molecule has 0 saturated carbocycles. The molecule has 0 aliphatic rings. The quantitative estimate of drug-likeness (QED) is 0.723. The summed E-state index contributed by atoms with van der Waals surface area (Å²) in [6.07, 6.45) is -0.857. The molecule has 0 aliphatic heterocycles. The van der Waals surface area contributed by atoms with E-state index in [1.54, 1.807) is 10.9 Å². The average Bonchev–Trinajstić information content (AvgIpc) is 3.04. The first kappa shape index (κ1) is 17.0. The number of nitrogens with one attached hydrogen (secondary N) is 1. The van der Waals surface area contributed by atoms with Gasteiger partial charge in [0.1, 0.15) is 0 Å². The summed E-state index contributed by atoms with van der Waals surface area (Å²) in [5, 5.41) is 16.3. The number of benzene rings is 2.